The first-order valence-corrected chi connectivity index (χ1v) is 7.01. The molecule has 1 aromatic carbocycles. The number of nitrogen functional groups attached to an aromatic ring is 1. The molecule has 110 valence electrons. The van der Waals surface area contributed by atoms with Gasteiger partial charge in [0.2, 0.25) is 0 Å². The van der Waals surface area contributed by atoms with Gasteiger partial charge in [0.25, 0.3) is 5.91 Å². The van der Waals surface area contributed by atoms with Gasteiger partial charge in [0.05, 0.1) is 5.69 Å². The van der Waals surface area contributed by atoms with E-state index in [1.165, 1.54) is 0 Å². The lowest BCUT2D eigenvalue weighted by Gasteiger charge is -2.37. The molecule has 1 aliphatic heterocycles. The fraction of sp³-hybridized carbons (Fsp3) is 0.562. The standard InChI is InChI=1S/C16H24N2O2/c1-9(2)13-15(19)18(6)12-8-10(17)7-11(14(12)20-13)16(3,4)5/h7-9,13H,17H2,1-6H3. The first-order chi connectivity index (χ1) is 9.12. The molecule has 0 radical (unpaired) electrons. The summed E-state index contributed by atoms with van der Waals surface area (Å²) < 4.78 is 6.04. The summed E-state index contributed by atoms with van der Waals surface area (Å²) >= 11 is 0. The molecule has 1 amide bonds. The van der Waals surface area contributed by atoms with Gasteiger partial charge in [0.1, 0.15) is 5.75 Å². The summed E-state index contributed by atoms with van der Waals surface area (Å²) in [5.74, 6) is 0.897. The van der Waals surface area contributed by atoms with Gasteiger partial charge >= 0.3 is 0 Å². The van der Waals surface area contributed by atoms with Crippen LogP contribution in [0.25, 0.3) is 0 Å². The van der Waals surface area contributed by atoms with Crippen molar-refractivity contribution in [2.75, 3.05) is 17.7 Å². The highest BCUT2D eigenvalue weighted by atomic mass is 16.5. The van der Waals surface area contributed by atoms with Crippen LogP contribution >= 0.6 is 0 Å². The highest BCUT2D eigenvalue weighted by Crippen LogP contribution is 2.44. The van der Waals surface area contributed by atoms with Crippen molar-refractivity contribution in [3.05, 3.63) is 17.7 Å². The number of fused-ring (bicyclic) bond motifs is 1. The second-order valence-corrected chi connectivity index (χ2v) is 6.85. The van der Waals surface area contributed by atoms with Crippen molar-refractivity contribution in [1.29, 1.82) is 0 Å². The molecular weight excluding hydrogens is 252 g/mol. The van der Waals surface area contributed by atoms with Crippen LogP contribution in [0.2, 0.25) is 0 Å². The maximum absolute atomic E-state index is 12.4. The van der Waals surface area contributed by atoms with E-state index in [-0.39, 0.29) is 17.2 Å². The van der Waals surface area contributed by atoms with E-state index < -0.39 is 6.10 Å². The van der Waals surface area contributed by atoms with Crippen LogP contribution in [0.5, 0.6) is 5.75 Å². The van der Waals surface area contributed by atoms with Crippen molar-refractivity contribution >= 4 is 17.3 Å². The number of amides is 1. The van der Waals surface area contributed by atoms with Gasteiger partial charge in [0.15, 0.2) is 6.10 Å². The lowest BCUT2D eigenvalue weighted by Crippen LogP contribution is -2.47. The monoisotopic (exact) mass is 276 g/mol. The predicted molar refractivity (Wildman–Crippen MR) is 82.2 cm³/mol. The number of carbonyl (C=O) groups is 1. The van der Waals surface area contributed by atoms with E-state index in [0.717, 1.165) is 17.0 Å². The molecule has 4 nitrogen and oxygen atoms in total. The first kappa shape index (κ1) is 14.7. The molecule has 0 aromatic heterocycles. The van der Waals surface area contributed by atoms with Crippen molar-refractivity contribution in [2.45, 2.75) is 46.1 Å². The Balaban J connectivity index is 2.64. The highest BCUT2D eigenvalue weighted by molar-refractivity contribution is 6.00. The van der Waals surface area contributed by atoms with Crippen molar-refractivity contribution in [3.63, 3.8) is 0 Å². The molecule has 0 bridgehead atoms. The third-order valence-corrected chi connectivity index (χ3v) is 3.69. The van der Waals surface area contributed by atoms with E-state index in [1.807, 2.05) is 19.9 Å². The van der Waals surface area contributed by atoms with E-state index in [4.69, 9.17) is 10.5 Å². The van der Waals surface area contributed by atoms with Crippen molar-refractivity contribution in [1.82, 2.24) is 0 Å². The quantitative estimate of drug-likeness (QED) is 0.802. The molecule has 20 heavy (non-hydrogen) atoms. The summed E-state index contributed by atoms with van der Waals surface area (Å²) in [5.41, 5.74) is 8.35. The molecule has 1 aromatic rings. The Kier molecular flexibility index (Phi) is 3.44. The maximum atomic E-state index is 12.4. The normalized spacial score (nSPS) is 19.1. The molecule has 1 heterocycles. The van der Waals surface area contributed by atoms with E-state index >= 15 is 0 Å². The molecule has 0 saturated heterocycles. The van der Waals surface area contributed by atoms with E-state index in [9.17, 15) is 4.79 Å². The average Bonchev–Trinajstić information content (AvgIpc) is 2.31. The van der Waals surface area contributed by atoms with Gasteiger partial charge in [-0.1, -0.05) is 34.6 Å². The predicted octanol–water partition coefficient (Wildman–Crippen LogP) is 2.95. The Morgan fingerprint density at radius 2 is 1.90 bits per heavy atom. The molecule has 4 heteroatoms. The molecular formula is C16H24N2O2. The average molecular weight is 276 g/mol. The van der Waals surface area contributed by atoms with Gasteiger partial charge in [-0.25, -0.2) is 0 Å². The minimum atomic E-state index is -0.433. The second kappa shape index (κ2) is 4.69. The van der Waals surface area contributed by atoms with Crippen molar-refractivity contribution < 1.29 is 9.53 Å². The fourth-order valence-corrected chi connectivity index (χ4v) is 2.47. The molecule has 1 atom stereocenters. The highest BCUT2D eigenvalue weighted by Gasteiger charge is 2.37. The molecule has 1 unspecified atom stereocenters. The molecule has 0 fully saturated rings. The molecule has 0 spiro atoms. The largest absolute Gasteiger partial charge is 0.478 e. The number of nitrogens with two attached hydrogens (primary N) is 1. The van der Waals surface area contributed by atoms with Crippen LogP contribution in [0.15, 0.2) is 12.1 Å². The Morgan fingerprint density at radius 3 is 2.40 bits per heavy atom. The maximum Gasteiger partial charge on any atom is 0.268 e. The number of hydrogen-bond donors (Lipinski definition) is 1. The van der Waals surface area contributed by atoms with Gasteiger partial charge in [-0.3, -0.25) is 4.79 Å². The zero-order chi connectivity index (χ0) is 15.2. The summed E-state index contributed by atoms with van der Waals surface area (Å²) in [5, 5.41) is 0. The minimum Gasteiger partial charge on any atom is -0.478 e. The lowest BCUT2D eigenvalue weighted by molar-refractivity contribution is -0.127. The van der Waals surface area contributed by atoms with Gasteiger partial charge in [0, 0.05) is 18.3 Å². The SMILES string of the molecule is CC(C)C1Oc2c(cc(N)cc2C(C)(C)C)N(C)C1=O. The van der Waals surface area contributed by atoms with Gasteiger partial charge < -0.3 is 15.4 Å². The zero-order valence-electron chi connectivity index (χ0n) is 13.2. The Labute approximate surface area is 120 Å². The summed E-state index contributed by atoms with van der Waals surface area (Å²) in [4.78, 5) is 14.0. The van der Waals surface area contributed by atoms with Crippen LogP contribution in [0.3, 0.4) is 0 Å². The number of rotatable bonds is 1. The number of likely N-dealkylation sites (N-methyl/N-ethyl adjacent to an activating group) is 1. The Bertz CT molecular complexity index is 544. The molecule has 1 aliphatic rings. The molecule has 0 aliphatic carbocycles. The number of hydrogen-bond acceptors (Lipinski definition) is 3. The van der Waals surface area contributed by atoms with Gasteiger partial charge in [-0.05, 0) is 23.5 Å². The minimum absolute atomic E-state index is 0.0158. The van der Waals surface area contributed by atoms with Crippen LogP contribution in [-0.2, 0) is 10.2 Å². The van der Waals surface area contributed by atoms with E-state index in [0.29, 0.717) is 5.69 Å². The third kappa shape index (κ3) is 2.35. The summed E-state index contributed by atoms with van der Waals surface area (Å²) in [6.45, 7) is 10.3. The fourth-order valence-electron chi connectivity index (χ4n) is 2.47. The van der Waals surface area contributed by atoms with Crippen LogP contribution in [0.1, 0.15) is 40.2 Å². The molecule has 2 rings (SSSR count). The Morgan fingerprint density at radius 1 is 1.30 bits per heavy atom. The summed E-state index contributed by atoms with van der Waals surface area (Å²) in [6.07, 6.45) is -0.433. The van der Waals surface area contributed by atoms with Crippen molar-refractivity contribution in [3.8, 4) is 5.75 Å². The smallest absolute Gasteiger partial charge is 0.268 e. The zero-order valence-corrected chi connectivity index (χ0v) is 13.2. The number of benzene rings is 1. The van der Waals surface area contributed by atoms with Crippen LogP contribution in [0.4, 0.5) is 11.4 Å². The van der Waals surface area contributed by atoms with Crippen LogP contribution in [0, 0.1) is 5.92 Å². The van der Waals surface area contributed by atoms with E-state index in [1.54, 1.807) is 18.0 Å². The second-order valence-electron chi connectivity index (χ2n) is 6.85. The lowest BCUT2D eigenvalue weighted by atomic mass is 9.85. The van der Waals surface area contributed by atoms with E-state index in [2.05, 4.69) is 20.8 Å². The first-order valence-electron chi connectivity index (χ1n) is 7.01. The summed E-state index contributed by atoms with van der Waals surface area (Å²) in [7, 11) is 1.78. The summed E-state index contributed by atoms with van der Waals surface area (Å²) in [6, 6.07) is 3.75. The number of ether oxygens (including phenoxy) is 1. The van der Waals surface area contributed by atoms with Crippen LogP contribution < -0.4 is 15.4 Å². The van der Waals surface area contributed by atoms with Crippen LogP contribution in [-0.4, -0.2) is 19.1 Å². The van der Waals surface area contributed by atoms with Gasteiger partial charge in [-0.15, -0.1) is 0 Å². The third-order valence-electron chi connectivity index (χ3n) is 3.69. The number of carbonyl (C=O) groups excluding carboxylic acids is 1. The number of anilines is 2. The number of nitrogens with zero attached hydrogens (tertiary/aromatic N) is 1. The Hall–Kier alpha value is -1.71. The van der Waals surface area contributed by atoms with Gasteiger partial charge in [-0.2, -0.15) is 0 Å². The van der Waals surface area contributed by atoms with Crippen molar-refractivity contribution in [2.24, 2.45) is 5.92 Å². The molecule has 0 saturated carbocycles. The molecule has 2 N–H and O–H groups in total. The topological polar surface area (TPSA) is 55.6 Å².